The Hall–Kier alpha value is -1.66. The van der Waals surface area contributed by atoms with E-state index >= 15 is 0 Å². The maximum Gasteiger partial charge on any atom is 0.252 e. The van der Waals surface area contributed by atoms with Gasteiger partial charge in [0.05, 0.1) is 22.3 Å². The zero-order valence-corrected chi connectivity index (χ0v) is 14.1. The van der Waals surface area contributed by atoms with Crippen LogP contribution in [0, 0.1) is 13.8 Å². The third-order valence-corrected chi connectivity index (χ3v) is 6.68. The number of sulfone groups is 1. The lowest BCUT2D eigenvalue weighted by atomic mass is 10.0. The Labute approximate surface area is 134 Å². The highest BCUT2D eigenvalue weighted by Gasteiger charge is 2.31. The van der Waals surface area contributed by atoms with E-state index < -0.39 is 9.84 Å². The van der Waals surface area contributed by atoms with Crippen molar-refractivity contribution in [2.24, 2.45) is 0 Å². The van der Waals surface area contributed by atoms with Gasteiger partial charge >= 0.3 is 0 Å². The number of carbonyl (C=O) groups is 1. The number of carbonyl (C=O) groups excluding carboxylic acids is 1. The van der Waals surface area contributed by atoms with Crippen LogP contribution in [0.5, 0.6) is 0 Å². The van der Waals surface area contributed by atoms with Gasteiger partial charge in [-0.15, -0.1) is 11.3 Å². The molecule has 116 valence electrons. The molecule has 4 nitrogen and oxygen atoms in total. The molecule has 0 bridgehead atoms. The summed E-state index contributed by atoms with van der Waals surface area (Å²) in [6.45, 7) is 3.89. The molecule has 1 N–H and O–H groups in total. The van der Waals surface area contributed by atoms with E-state index in [4.69, 9.17) is 0 Å². The van der Waals surface area contributed by atoms with Gasteiger partial charge in [-0.1, -0.05) is 18.2 Å². The molecule has 0 fully saturated rings. The van der Waals surface area contributed by atoms with E-state index in [0.29, 0.717) is 22.4 Å². The average molecular weight is 335 g/mol. The molecule has 1 aromatic heterocycles. The number of nitrogens with one attached hydrogen (secondary N) is 1. The smallest absolute Gasteiger partial charge is 0.252 e. The highest BCUT2D eigenvalue weighted by molar-refractivity contribution is 7.91. The molecule has 0 aliphatic carbocycles. The minimum atomic E-state index is -3.23. The van der Waals surface area contributed by atoms with Crippen molar-refractivity contribution in [2.45, 2.75) is 31.2 Å². The summed E-state index contributed by atoms with van der Waals surface area (Å²) in [7, 11) is -3.23. The highest BCUT2D eigenvalue weighted by atomic mass is 32.2. The number of amides is 1. The molecule has 0 saturated carbocycles. The van der Waals surface area contributed by atoms with Crippen LogP contribution in [-0.2, 0) is 9.84 Å². The van der Waals surface area contributed by atoms with Crippen molar-refractivity contribution >= 4 is 27.1 Å². The van der Waals surface area contributed by atoms with Gasteiger partial charge in [-0.3, -0.25) is 4.79 Å². The summed E-state index contributed by atoms with van der Waals surface area (Å²) in [6.07, 6.45) is 0.410. The van der Waals surface area contributed by atoms with Crippen molar-refractivity contribution in [1.82, 2.24) is 5.32 Å². The summed E-state index contributed by atoms with van der Waals surface area (Å²) in [5, 5.41) is 2.99. The van der Waals surface area contributed by atoms with Gasteiger partial charge < -0.3 is 5.32 Å². The molecule has 2 heterocycles. The third kappa shape index (κ3) is 2.68. The molecule has 3 rings (SSSR count). The molecule has 1 atom stereocenters. The van der Waals surface area contributed by atoms with Gasteiger partial charge in [0.15, 0.2) is 9.84 Å². The van der Waals surface area contributed by atoms with Crippen LogP contribution in [0.1, 0.15) is 38.1 Å². The largest absolute Gasteiger partial charge is 0.345 e. The Morgan fingerprint density at radius 3 is 2.68 bits per heavy atom. The van der Waals surface area contributed by atoms with Crippen LogP contribution in [-0.4, -0.2) is 20.1 Å². The highest BCUT2D eigenvalue weighted by Crippen LogP contribution is 2.32. The van der Waals surface area contributed by atoms with Gasteiger partial charge in [0.25, 0.3) is 5.91 Å². The fourth-order valence-electron chi connectivity index (χ4n) is 2.83. The molecule has 0 saturated heterocycles. The minimum absolute atomic E-state index is 0.0661. The molecule has 22 heavy (non-hydrogen) atoms. The molecule has 2 aromatic rings. The Kier molecular flexibility index (Phi) is 3.82. The molecule has 0 spiro atoms. The van der Waals surface area contributed by atoms with Crippen molar-refractivity contribution in [1.29, 1.82) is 0 Å². The van der Waals surface area contributed by atoms with Crippen molar-refractivity contribution < 1.29 is 13.2 Å². The normalized spacial score (nSPS) is 19.5. The van der Waals surface area contributed by atoms with Crippen molar-refractivity contribution in [3.05, 3.63) is 51.2 Å². The van der Waals surface area contributed by atoms with E-state index in [1.807, 2.05) is 19.9 Å². The fourth-order valence-corrected chi connectivity index (χ4v) is 5.37. The van der Waals surface area contributed by atoms with Crippen LogP contribution in [0.2, 0.25) is 0 Å². The molecule has 1 aromatic carbocycles. The zero-order chi connectivity index (χ0) is 15.9. The number of aryl methyl sites for hydroxylation is 2. The number of rotatable bonds is 2. The Morgan fingerprint density at radius 2 is 2.00 bits per heavy atom. The summed E-state index contributed by atoms with van der Waals surface area (Å²) in [5.74, 6) is -0.0719. The van der Waals surface area contributed by atoms with Gasteiger partial charge in [-0.2, -0.15) is 0 Å². The Morgan fingerprint density at radius 1 is 1.27 bits per heavy atom. The first-order valence-corrected chi connectivity index (χ1v) is 9.55. The molecule has 0 radical (unpaired) electrons. The topological polar surface area (TPSA) is 63.2 Å². The molecule has 1 amide bonds. The van der Waals surface area contributed by atoms with E-state index in [9.17, 15) is 13.2 Å². The molecule has 1 aliphatic heterocycles. The predicted molar refractivity (Wildman–Crippen MR) is 87.1 cm³/mol. The standard InChI is InChI=1S/C16H17NO3S2/c1-10-9-13(11(2)21-10)16(18)17-14-7-8-22(19,20)15-6-4-3-5-12(14)15/h3-6,9,14H,7-8H2,1-2H3,(H,17,18)/t14-/m1/s1. The van der Waals surface area contributed by atoms with Crippen LogP contribution < -0.4 is 5.32 Å². The van der Waals surface area contributed by atoms with Crippen LogP contribution in [0.4, 0.5) is 0 Å². The number of hydrogen-bond acceptors (Lipinski definition) is 4. The molecule has 6 heteroatoms. The number of hydrogen-bond donors (Lipinski definition) is 1. The van der Waals surface area contributed by atoms with Crippen LogP contribution >= 0.6 is 11.3 Å². The quantitative estimate of drug-likeness (QED) is 0.917. The van der Waals surface area contributed by atoms with Crippen molar-refractivity contribution in [3.63, 3.8) is 0 Å². The summed E-state index contributed by atoms with van der Waals surface area (Å²) in [6, 6.07) is 8.53. The second-order valence-electron chi connectivity index (χ2n) is 5.50. The summed E-state index contributed by atoms with van der Waals surface area (Å²) < 4.78 is 24.2. The van der Waals surface area contributed by atoms with Crippen molar-refractivity contribution in [2.75, 3.05) is 5.75 Å². The van der Waals surface area contributed by atoms with Crippen LogP contribution in [0.25, 0.3) is 0 Å². The maximum absolute atomic E-state index is 12.5. The van der Waals surface area contributed by atoms with Gasteiger partial charge in [-0.05, 0) is 38.0 Å². The fraction of sp³-hybridized carbons (Fsp3) is 0.312. The second-order valence-corrected chi connectivity index (χ2v) is 9.04. The van der Waals surface area contributed by atoms with Crippen LogP contribution in [0.15, 0.2) is 35.2 Å². The van der Waals surface area contributed by atoms with Gasteiger partial charge in [0.2, 0.25) is 0 Å². The van der Waals surface area contributed by atoms with Crippen LogP contribution in [0.3, 0.4) is 0 Å². The van der Waals surface area contributed by atoms with Gasteiger partial charge in [0.1, 0.15) is 0 Å². The lowest BCUT2D eigenvalue weighted by Crippen LogP contribution is -2.33. The number of fused-ring (bicyclic) bond motifs is 1. The summed E-state index contributed by atoms with van der Waals surface area (Å²) >= 11 is 1.59. The maximum atomic E-state index is 12.5. The summed E-state index contributed by atoms with van der Waals surface area (Å²) in [5.41, 5.74) is 1.36. The lowest BCUT2D eigenvalue weighted by molar-refractivity contribution is 0.0934. The average Bonchev–Trinajstić information content (AvgIpc) is 2.81. The number of benzene rings is 1. The van der Waals surface area contributed by atoms with E-state index in [2.05, 4.69) is 5.32 Å². The second kappa shape index (κ2) is 5.52. The van der Waals surface area contributed by atoms with E-state index in [0.717, 1.165) is 9.75 Å². The molecule has 0 unspecified atom stereocenters. The first-order chi connectivity index (χ1) is 10.4. The Balaban J connectivity index is 1.91. The lowest BCUT2D eigenvalue weighted by Gasteiger charge is -2.26. The number of thiophene rings is 1. The first kappa shape index (κ1) is 15.2. The Bertz CT molecular complexity index is 837. The van der Waals surface area contributed by atoms with Gasteiger partial charge in [0, 0.05) is 9.75 Å². The van der Waals surface area contributed by atoms with E-state index in [-0.39, 0.29) is 17.7 Å². The van der Waals surface area contributed by atoms with Gasteiger partial charge in [-0.25, -0.2) is 8.42 Å². The molecular weight excluding hydrogens is 318 g/mol. The van der Waals surface area contributed by atoms with E-state index in [1.54, 1.807) is 35.6 Å². The SMILES string of the molecule is Cc1cc(C(=O)N[C@@H]2CCS(=O)(=O)c3ccccc32)c(C)s1. The summed E-state index contributed by atoms with van der Waals surface area (Å²) in [4.78, 5) is 14.9. The van der Waals surface area contributed by atoms with Crippen molar-refractivity contribution in [3.8, 4) is 0 Å². The predicted octanol–water partition coefficient (Wildman–Crippen LogP) is 3.01. The third-order valence-electron chi connectivity index (χ3n) is 3.90. The van der Waals surface area contributed by atoms with E-state index in [1.165, 1.54) is 0 Å². The first-order valence-electron chi connectivity index (χ1n) is 7.08. The molecular formula is C16H17NO3S2. The molecule has 1 aliphatic rings. The zero-order valence-electron chi connectivity index (χ0n) is 12.4. The monoisotopic (exact) mass is 335 g/mol. The minimum Gasteiger partial charge on any atom is -0.345 e.